The number of carbonyl (C=O) groups is 1. The molecule has 0 saturated heterocycles. The molecular formula is C13H12N2O2S. The minimum Gasteiger partial charge on any atom is -0.493 e. The molecule has 1 aromatic heterocycles. The van der Waals surface area contributed by atoms with Crippen LogP contribution < -0.4 is 10.1 Å². The summed E-state index contributed by atoms with van der Waals surface area (Å²) in [6.45, 7) is 0.624. The highest BCUT2D eigenvalue weighted by molar-refractivity contribution is 7.07. The molecule has 0 spiro atoms. The average Bonchev–Trinajstić information content (AvgIpc) is 2.93. The Balaban J connectivity index is 1.80. The molecule has 1 aliphatic rings. The highest BCUT2D eigenvalue weighted by atomic mass is 32.1. The van der Waals surface area contributed by atoms with Crippen LogP contribution >= 0.6 is 11.3 Å². The Morgan fingerprint density at radius 2 is 2.33 bits per heavy atom. The number of hydrogen-bond acceptors (Lipinski definition) is 4. The van der Waals surface area contributed by atoms with Crippen LogP contribution in [0.2, 0.25) is 0 Å². The predicted molar refractivity (Wildman–Crippen MR) is 68.9 cm³/mol. The molecule has 1 unspecified atom stereocenters. The molecule has 0 bridgehead atoms. The van der Waals surface area contributed by atoms with Gasteiger partial charge in [-0.2, -0.15) is 0 Å². The molecule has 0 radical (unpaired) electrons. The van der Waals surface area contributed by atoms with Crippen molar-refractivity contribution < 1.29 is 9.53 Å². The van der Waals surface area contributed by atoms with Crippen molar-refractivity contribution in [2.24, 2.45) is 0 Å². The molecule has 4 nitrogen and oxygen atoms in total. The number of ether oxygens (including phenoxy) is 1. The highest BCUT2D eigenvalue weighted by Gasteiger charge is 2.23. The summed E-state index contributed by atoms with van der Waals surface area (Å²) in [6.07, 6.45) is 0.785. The average molecular weight is 260 g/mol. The molecule has 2 heterocycles. The number of hydrogen-bond donors (Lipinski definition) is 1. The molecule has 0 aliphatic carbocycles. The van der Waals surface area contributed by atoms with Crippen LogP contribution in [0.1, 0.15) is 28.5 Å². The molecule has 1 atom stereocenters. The van der Waals surface area contributed by atoms with Crippen molar-refractivity contribution in [2.45, 2.75) is 12.5 Å². The number of nitrogens with one attached hydrogen (secondary N) is 1. The Morgan fingerprint density at radius 1 is 1.44 bits per heavy atom. The monoisotopic (exact) mass is 260 g/mol. The van der Waals surface area contributed by atoms with Gasteiger partial charge in [-0.15, -0.1) is 11.3 Å². The van der Waals surface area contributed by atoms with Crippen molar-refractivity contribution in [3.8, 4) is 5.75 Å². The van der Waals surface area contributed by atoms with Crippen LogP contribution in [-0.4, -0.2) is 17.5 Å². The number of nitrogens with zero attached hydrogens (tertiary/aromatic N) is 1. The van der Waals surface area contributed by atoms with Crippen LogP contribution in [-0.2, 0) is 0 Å². The van der Waals surface area contributed by atoms with Gasteiger partial charge in [0.15, 0.2) is 0 Å². The summed E-state index contributed by atoms with van der Waals surface area (Å²) in [5.74, 6) is 0.727. The summed E-state index contributed by atoms with van der Waals surface area (Å²) in [7, 11) is 0. The first kappa shape index (κ1) is 11.2. The van der Waals surface area contributed by atoms with E-state index in [-0.39, 0.29) is 11.9 Å². The first-order valence-electron chi connectivity index (χ1n) is 5.75. The van der Waals surface area contributed by atoms with Gasteiger partial charge in [-0.05, 0) is 6.07 Å². The molecule has 5 heteroatoms. The molecule has 1 amide bonds. The van der Waals surface area contributed by atoms with Gasteiger partial charge in [0.05, 0.1) is 18.2 Å². The van der Waals surface area contributed by atoms with Gasteiger partial charge in [0.1, 0.15) is 11.4 Å². The molecular weight excluding hydrogens is 248 g/mol. The maximum Gasteiger partial charge on any atom is 0.271 e. The minimum absolute atomic E-state index is 0.00384. The van der Waals surface area contributed by atoms with E-state index in [1.165, 1.54) is 11.3 Å². The normalized spacial score (nSPS) is 17.7. The van der Waals surface area contributed by atoms with Crippen LogP contribution in [0.15, 0.2) is 35.2 Å². The van der Waals surface area contributed by atoms with E-state index in [1.54, 1.807) is 10.9 Å². The molecule has 1 N–H and O–H groups in total. The van der Waals surface area contributed by atoms with Crippen LogP contribution in [0.25, 0.3) is 0 Å². The zero-order valence-corrected chi connectivity index (χ0v) is 10.4. The summed E-state index contributed by atoms with van der Waals surface area (Å²) < 4.78 is 5.56. The lowest BCUT2D eigenvalue weighted by Gasteiger charge is -2.26. The SMILES string of the molecule is O=C(NC1CCOc2ccccc21)c1cscn1. The quantitative estimate of drug-likeness (QED) is 0.902. The highest BCUT2D eigenvalue weighted by Crippen LogP contribution is 2.31. The zero-order chi connectivity index (χ0) is 12.4. The Bertz CT molecular complexity index is 554. The maximum atomic E-state index is 12.0. The second-order valence-corrected chi connectivity index (χ2v) is 4.79. The molecule has 0 saturated carbocycles. The maximum absolute atomic E-state index is 12.0. The number of carbonyl (C=O) groups excluding carboxylic acids is 1. The van der Waals surface area contributed by atoms with Gasteiger partial charge in [-0.1, -0.05) is 18.2 Å². The van der Waals surface area contributed by atoms with Gasteiger partial charge >= 0.3 is 0 Å². The topological polar surface area (TPSA) is 51.2 Å². The Hall–Kier alpha value is -1.88. The van der Waals surface area contributed by atoms with Crippen LogP contribution in [0.4, 0.5) is 0 Å². The van der Waals surface area contributed by atoms with Crippen molar-refractivity contribution in [1.82, 2.24) is 10.3 Å². The van der Waals surface area contributed by atoms with Gasteiger partial charge in [-0.25, -0.2) is 4.98 Å². The minimum atomic E-state index is -0.127. The molecule has 0 fully saturated rings. The number of thiazole rings is 1. The second kappa shape index (κ2) is 4.78. The lowest BCUT2D eigenvalue weighted by molar-refractivity contribution is 0.0920. The van der Waals surface area contributed by atoms with Crippen molar-refractivity contribution in [3.05, 3.63) is 46.4 Å². The fourth-order valence-electron chi connectivity index (χ4n) is 2.05. The Kier molecular flexibility index (Phi) is 2.98. The van der Waals surface area contributed by atoms with E-state index >= 15 is 0 Å². The number of benzene rings is 1. The van der Waals surface area contributed by atoms with E-state index in [0.717, 1.165) is 17.7 Å². The molecule has 1 aliphatic heterocycles. The van der Waals surface area contributed by atoms with Crippen LogP contribution in [0, 0.1) is 0 Å². The van der Waals surface area contributed by atoms with Gasteiger partial charge in [0.2, 0.25) is 0 Å². The first-order chi connectivity index (χ1) is 8.84. The first-order valence-corrected chi connectivity index (χ1v) is 6.69. The van der Waals surface area contributed by atoms with Crippen molar-refractivity contribution in [1.29, 1.82) is 0 Å². The van der Waals surface area contributed by atoms with E-state index in [1.807, 2.05) is 24.3 Å². The number of para-hydroxylation sites is 1. The van der Waals surface area contributed by atoms with Crippen molar-refractivity contribution in [2.75, 3.05) is 6.61 Å². The summed E-state index contributed by atoms with van der Waals surface area (Å²) >= 11 is 1.42. The number of aromatic nitrogens is 1. The van der Waals surface area contributed by atoms with Gasteiger partial charge < -0.3 is 10.1 Å². The number of fused-ring (bicyclic) bond motifs is 1. The largest absolute Gasteiger partial charge is 0.493 e. The molecule has 2 aromatic rings. The Morgan fingerprint density at radius 3 is 3.17 bits per heavy atom. The molecule has 18 heavy (non-hydrogen) atoms. The second-order valence-electron chi connectivity index (χ2n) is 4.07. The standard InChI is InChI=1S/C13H12N2O2S/c16-13(11-7-18-8-14-11)15-10-5-6-17-12-4-2-1-3-9(10)12/h1-4,7-8,10H,5-6H2,(H,15,16). The third-order valence-corrected chi connectivity index (χ3v) is 3.52. The van der Waals surface area contributed by atoms with E-state index in [2.05, 4.69) is 10.3 Å². The summed E-state index contributed by atoms with van der Waals surface area (Å²) in [5.41, 5.74) is 3.17. The van der Waals surface area contributed by atoms with E-state index in [9.17, 15) is 4.79 Å². The summed E-state index contributed by atoms with van der Waals surface area (Å²) in [5, 5.41) is 4.75. The number of rotatable bonds is 2. The van der Waals surface area contributed by atoms with Crippen LogP contribution in [0.5, 0.6) is 5.75 Å². The van der Waals surface area contributed by atoms with Crippen molar-refractivity contribution in [3.63, 3.8) is 0 Å². The third-order valence-electron chi connectivity index (χ3n) is 2.93. The molecule has 3 rings (SSSR count). The fraction of sp³-hybridized carbons (Fsp3) is 0.231. The van der Waals surface area contributed by atoms with Gasteiger partial charge in [0.25, 0.3) is 5.91 Å². The van der Waals surface area contributed by atoms with Crippen molar-refractivity contribution >= 4 is 17.2 Å². The predicted octanol–water partition coefficient (Wildman–Crippen LogP) is 2.40. The van der Waals surface area contributed by atoms with Gasteiger partial charge in [0, 0.05) is 17.4 Å². The van der Waals surface area contributed by atoms with Crippen LogP contribution in [0.3, 0.4) is 0 Å². The number of amides is 1. The smallest absolute Gasteiger partial charge is 0.271 e. The van der Waals surface area contributed by atoms with E-state index < -0.39 is 0 Å². The molecule has 1 aromatic carbocycles. The lowest BCUT2D eigenvalue weighted by Crippen LogP contribution is -2.32. The summed E-state index contributed by atoms with van der Waals surface area (Å²) in [4.78, 5) is 16.0. The van der Waals surface area contributed by atoms with Gasteiger partial charge in [-0.3, -0.25) is 4.79 Å². The lowest BCUT2D eigenvalue weighted by atomic mass is 10.0. The molecule has 92 valence electrons. The fourth-order valence-corrected chi connectivity index (χ4v) is 2.58. The van der Waals surface area contributed by atoms with E-state index in [4.69, 9.17) is 4.74 Å². The third kappa shape index (κ3) is 2.09. The summed E-state index contributed by atoms with van der Waals surface area (Å²) in [6, 6.07) is 7.81. The zero-order valence-electron chi connectivity index (χ0n) is 9.63. The van der Waals surface area contributed by atoms with E-state index in [0.29, 0.717) is 12.3 Å². The Labute approximate surface area is 109 Å².